The van der Waals surface area contributed by atoms with Crippen molar-refractivity contribution in [3.63, 3.8) is 0 Å². The quantitative estimate of drug-likeness (QED) is 0.624. The van der Waals surface area contributed by atoms with E-state index in [1.165, 1.54) is 12.8 Å². The van der Waals surface area contributed by atoms with Crippen LogP contribution in [0.25, 0.3) is 0 Å². The fraction of sp³-hybridized carbons (Fsp3) is 0.562. The second kappa shape index (κ2) is 8.64. The van der Waals surface area contributed by atoms with Crippen molar-refractivity contribution in [3.8, 4) is 0 Å². The molecule has 1 fully saturated rings. The molecule has 1 unspecified atom stereocenters. The lowest BCUT2D eigenvalue weighted by atomic mass is 10.1. The predicted molar refractivity (Wildman–Crippen MR) is 85.5 cm³/mol. The van der Waals surface area contributed by atoms with Gasteiger partial charge < -0.3 is 20.5 Å². The van der Waals surface area contributed by atoms with Crippen LogP contribution >= 0.6 is 0 Å². The smallest absolute Gasteiger partial charge is 0.193 e. The first-order valence-corrected chi connectivity index (χ1v) is 7.55. The normalized spacial score (nSPS) is 19.5. The molecule has 1 aliphatic rings. The summed E-state index contributed by atoms with van der Waals surface area (Å²) in [5.74, 6) is 0.439. The number of aliphatic imine (C=N–C) groups is 1. The summed E-state index contributed by atoms with van der Waals surface area (Å²) in [5.41, 5.74) is 7.95. The minimum absolute atomic E-state index is 0.344. The second-order valence-corrected chi connectivity index (χ2v) is 5.26. The molecule has 116 valence electrons. The molecule has 5 heteroatoms. The van der Waals surface area contributed by atoms with Gasteiger partial charge in [-0.3, -0.25) is 4.99 Å². The van der Waals surface area contributed by atoms with Crippen molar-refractivity contribution in [2.24, 2.45) is 10.7 Å². The zero-order valence-corrected chi connectivity index (χ0v) is 12.7. The van der Waals surface area contributed by atoms with Crippen molar-refractivity contribution in [3.05, 3.63) is 29.8 Å². The van der Waals surface area contributed by atoms with Crippen LogP contribution in [-0.4, -0.2) is 32.3 Å². The van der Waals surface area contributed by atoms with E-state index in [-0.39, 0.29) is 0 Å². The van der Waals surface area contributed by atoms with Crippen molar-refractivity contribution in [1.82, 2.24) is 0 Å². The van der Waals surface area contributed by atoms with E-state index in [1.54, 1.807) is 7.11 Å². The molecule has 0 bridgehead atoms. The predicted octanol–water partition coefficient (Wildman–Crippen LogP) is 2.52. The largest absolute Gasteiger partial charge is 0.380 e. The third kappa shape index (κ3) is 5.36. The number of nitrogens with zero attached hydrogens (tertiary/aromatic N) is 1. The molecular formula is C16H25N3O2. The first-order chi connectivity index (χ1) is 10.3. The number of nitrogens with two attached hydrogens (primary N) is 1. The van der Waals surface area contributed by atoms with Crippen molar-refractivity contribution >= 4 is 11.6 Å². The first kappa shape index (κ1) is 15.8. The molecule has 1 aromatic rings. The molecule has 1 saturated heterocycles. The number of nitrogens with one attached hydrogen (secondary N) is 1. The highest BCUT2D eigenvalue weighted by Crippen LogP contribution is 2.16. The lowest BCUT2D eigenvalue weighted by molar-refractivity contribution is 0.0129. The van der Waals surface area contributed by atoms with Crippen molar-refractivity contribution in [2.45, 2.75) is 38.4 Å². The second-order valence-electron chi connectivity index (χ2n) is 5.26. The number of hydrogen-bond acceptors (Lipinski definition) is 3. The fourth-order valence-corrected chi connectivity index (χ4v) is 2.47. The number of para-hydroxylation sites is 1. The van der Waals surface area contributed by atoms with E-state index >= 15 is 0 Å². The fourth-order valence-electron chi connectivity index (χ4n) is 2.47. The highest BCUT2D eigenvalue weighted by Gasteiger charge is 2.12. The van der Waals surface area contributed by atoms with Gasteiger partial charge in [-0.05, 0) is 31.7 Å². The lowest BCUT2D eigenvalue weighted by Gasteiger charge is -2.21. The lowest BCUT2D eigenvalue weighted by Crippen LogP contribution is -2.25. The number of guanidine groups is 1. The van der Waals surface area contributed by atoms with E-state index in [1.807, 2.05) is 24.3 Å². The summed E-state index contributed by atoms with van der Waals surface area (Å²) in [6.07, 6.45) is 4.85. The van der Waals surface area contributed by atoms with Gasteiger partial charge in [0.25, 0.3) is 0 Å². The Morgan fingerprint density at radius 2 is 2.29 bits per heavy atom. The SMILES string of the molecule is COCc1ccccc1NC(N)=NCCC1CCCCO1. The summed E-state index contributed by atoms with van der Waals surface area (Å²) in [7, 11) is 1.68. The Balaban J connectivity index is 1.82. The molecule has 1 aromatic carbocycles. The van der Waals surface area contributed by atoms with Gasteiger partial charge in [-0.25, -0.2) is 0 Å². The van der Waals surface area contributed by atoms with Crippen molar-refractivity contribution in [2.75, 3.05) is 25.6 Å². The van der Waals surface area contributed by atoms with Crippen LogP contribution in [0.5, 0.6) is 0 Å². The molecule has 3 N–H and O–H groups in total. The van der Waals surface area contributed by atoms with E-state index < -0.39 is 0 Å². The average Bonchev–Trinajstić information content (AvgIpc) is 2.50. The molecule has 5 nitrogen and oxygen atoms in total. The molecule has 1 aliphatic heterocycles. The number of benzene rings is 1. The number of methoxy groups -OCH3 is 1. The average molecular weight is 291 g/mol. The zero-order valence-electron chi connectivity index (χ0n) is 12.7. The standard InChI is InChI=1S/C16H25N3O2/c1-20-12-13-6-2-3-8-15(13)19-16(17)18-10-9-14-7-4-5-11-21-14/h2-3,6,8,14H,4-5,7,9-12H2,1H3,(H3,17,18,19). The van der Waals surface area contributed by atoms with E-state index in [2.05, 4.69) is 10.3 Å². The minimum Gasteiger partial charge on any atom is -0.380 e. The molecule has 0 radical (unpaired) electrons. The third-order valence-corrected chi connectivity index (χ3v) is 3.59. The molecule has 2 rings (SSSR count). The maximum absolute atomic E-state index is 5.94. The van der Waals surface area contributed by atoms with Gasteiger partial charge in [-0.1, -0.05) is 18.2 Å². The van der Waals surface area contributed by atoms with Gasteiger partial charge in [0.2, 0.25) is 0 Å². The van der Waals surface area contributed by atoms with Crippen LogP contribution in [0.2, 0.25) is 0 Å². The van der Waals surface area contributed by atoms with Gasteiger partial charge in [0.15, 0.2) is 5.96 Å². The van der Waals surface area contributed by atoms with Gasteiger partial charge in [-0.2, -0.15) is 0 Å². The first-order valence-electron chi connectivity index (χ1n) is 7.55. The van der Waals surface area contributed by atoms with Gasteiger partial charge in [0.05, 0.1) is 12.7 Å². The highest BCUT2D eigenvalue weighted by molar-refractivity contribution is 5.92. The molecule has 0 aliphatic carbocycles. The van der Waals surface area contributed by atoms with Crippen LogP contribution in [0, 0.1) is 0 Å². The summed E-state index contributed by atoms with van der Waals surface area (Å²) in [6.45, 7) is 2.12. The summed E-state index contributed by atoms with van der Waals surface area (Å²) < 4.78 is 10.9. The third-order valence-electron chi connectivity index (χ3n) is 3.59. The van der Waals surface area contributed by atoms with E-state index in [0.29, 0.717) is 25.2 Å². The summed E-state index contributed by atoms with van der Waals surface area (Å²) >= 11 is 0. The molecular weight excluding hydrogens is 266 g/mol. The topological polar surface area (TPSA) is 68.9 Å². The van der Waals surface area contributed by atoms with E-state index in [4.69, 9.17) is 15.2 Å². The van der Waals surface area contributed by atoms with Gasteiger partial charge >= 0.3 is 0 Å². The molecule has 0 amide bonds. The van der Waals surface area contributed by atoms with E-state index in [0.717, 1.165) is 30.7 Å². The Bertz CT molecular complexity index is 457. The van der Waals surface area contributed by atoms with Crippen LogP contribution < -0.4 is 11.1 Å². The molecule has 0 aromatic heterocycles. The molecule has 0 saturated carbocycles. The van der Waals surface area contributed by atoms with Gasteiger partial charge in [0, 0.05) is 31.5 Å². The Morgan fingerprint density at radius 3 is 3.05 bits per heavy atom. The minimum atomic E-state index is 0.344. The highest BCUT2D eigenvalue weighted by atomic mass is 16.5. The maximum atomic E-state index is 5.94. The summed E-state index contributed by atoms with van der Waals surface area (Å²) in [6, 6.07) is 7.92. The van der Waals surface area contributed by atoms with Crippen LogP contribution in [-0.2, 0) is 16.1 Å². The number of rotatable bonds is 6. The Labute approximate surface area is 126 Å². The van der Waals surface area contributed by atoms with Gasteiger partial charge in [-0.15, -0.1) is 0 Å². The van der Waals surface area contributed by atoms with Crippen LogP contribution in [0.4, 0.5) is 5.69 Å². The Kier molecular flexibility index (Phi) is 6.50. The molecule has 1 heterocycles. The zero-order chi connectivity index (χ0) is 14.9. The summed E-state index contributed by atoms with van der Waals surface area (Å²) in [4.78, 5) is 4.38. The van der Waals surface area contributed by atoms with Crippen LogP contribution in [0.3, 0.4) is 0 Å². The summed E-state index contributed by atoms with van der Waals surface area (Å²) in [5, 5.41) is 3.14. The van der Waals surface area contributed by atoms with Crippen molar-refractivity contribution in [1.29, 1.82) is 0 Å². The number of anilines is 1. The molecule has 0 spiro atoms. The van der Waals surface area contributed by atoms with E-state index in [9.17, 15) is 0 Å². The Morgan fingerprint density at radius 1 is 1.43 bits per heavy atom. The maximum Gasteiger partial charge on any atom is 0.193 e. The molecule has 21 heavy (non-hydrogen) atoms. The van der Waals surface area contributed by atoms with Crippen LogP contribution in [0.1, 0.15) is 31.2 Å². The monoisotopic (exact) mass is 291 g/mol. The van der Waals surface area contributed by atoms with Gasteiger partial charge in [0.1, 0.15) is 0 Å². The Hall–Kier alpha value is -1.59. The van der Waals surface area contributed by atoms with Crippen LogP contribution in [0.15, 0.2) is 29.3 Å². The number of ether oxygens (including phenoxy) is 2. The number of hydrogen-bond donors (Lipinski definition) is 2. The molecule has 1 atom stereocenters. The van der Waals surface area contributed by atoms with Crippen molar-refractivity contribution < 1.29 is 9.47 Å².